The number of fused-ring (bicyclic) bond motifs is 1. The number of nitrogens with one attached hydrogen (secondary N) is 1. The minimum absolute atomic E-state index is 0.228. The molecule has 0 saturated carbocycles. The summed E-state index contributed by atoms with van der Waals surface area (Å²) in [4.78, 5) is 19.0. The lowest BCUT2D eigenvalue weighted by Crippen LogP contribution is -2.21. The highest BCUT2D eigenvalue weighted by atomic mass is 79.9. The van der Waals surface area contributed by atoms with Crippen LogP contribution >= 0.6 is 15.9 Å². The van der Waals surface area contributed by atoms with Crippen molar-refractivity contribution < 1.29 is 28.9 Å². The molecule has 1 unspecified atom stereocenters. The van der Waals surface area contributed by atoms with Gasteiger partial charge in [0.05, 0.1) is 30.8 Å². The van der Waals surface area contributed by atoms with Gasteiger partial charge in [0.15, 0.2) is 11.5 Å². The van der Waals surface area contributed by atoms with Gasteiger partial charge in [-0.2, -0.15) is 0 Å². The van der Waals surface area contributed by atoms with Crippen LogP contribution in [0.15, 0.2) is 53.8 Å². The molecule has 198 valence electrons. The first-order valence-electron chi connectivity index (χ1n) is 11.4. The number of hydrogen-bond donors (Lipinski definition) is 3. The Morgan fingerprint density at radius 3 is 2.39 bits per heavy atom. The molecular weight excluding hydrogens is 533 g/mol. The van der Waals surface area contributed by atoms with Crippen molar-refractivity contribution in [3.8, 4) is 11.5 Å². The van der Waals surface area contributed by atoms with Crippen LogP contribution in [0.1, 0.15) is 41.0 Å². The van der Waals surface area contributed by atoms with Gasteiger partial charge >= 0.3 is 5.97 Å². The van der Waals surface area contributed by atoms with Crippen LogP contribution in [0.4, 0.5) is 15.9 Å². The van der Waals surface area contributed by atoms with E-state index in [9.17, 15) is 14.3 Å². The Hall–Kier alpha value is -3.24. The van der Waals surface area contributed by atoms with E-state index in [1.165, 1.54) is 19.5 Å². The lowest BCUT2D eigenvalue weighted by atomic mass is 10.2. The number of halogens is 2. The van der Waals surface area contributed by atoms with Crippen LogP contribution < -0.4 is 14.8 Å². The Morgan fingerprint density at radius 2 is 1.83 bits per heavy atom. The topological polar surface area (TPSA) is 114 Å². The number of aliphatic hydroxyl groups excluding tert-OH is 1. The summed E-state index contributed by atoms with van der Waals surface area (Å²) < 4.78 is 25.6. The van der Waals surface area contributed by atoms with Gasteiger partial charge in [-0.3, -0.25) is 4.79 Å². The Balaban J connectivity index is 0.00000159. The van der Waals surface area contributed by atoms with Crippen molar-refractivity contribution in [3.05, 3.63) is 59.6 Å². The number of allylic oxidation sites excluding steroid dienone is 1. The highest BCUT2D eigenvalue weighted by Gasteiger charge is 2.15. The molecule has 0 aliphatic carbocycles. The highest BCUT2D eigenvalue weighted by Crippen LogP contribution is 2.35. The van der Waals surface area contributed by atoms with Gasteiger partial charge in [0.2, 0.25) is 0 Å². The molecule has 36 heavy (non-hydrogen) atoms. The van der Waals surface area contributed by atoms with Crippen LogP contribution in [0.2, 0.25) is 0 Å². The molecule has 0 amide bonds. The summed E-state index contributed by atoms with van der Waals surface area (Å²) in [5, 5.41) is 21.9. The van der Waals surface area contributed by atoms with Crippen molar-refractivity contribution in [2.24, 2.45) is 0 Å². The first-order valence-corrected chi connectivity index (χ1v) is 12.2. The number of carboxylic acids is 1. The third-order valence-electron chi connectivity index (χ3n) is 3.95. The first-order chi connectivity index (χ1) is 17.3. The number of benzene rings is 2. The molecule has 3 rings (SSSR count). The van der Waals surface area contributed by atoms with Gasteiger partial charge in [0.25, 0.3) is 0 Å². The number of anilines is 2. The maximum Gasteiger partial charge on any atom is 0.306 e. The molecule has 3 aromatic rings. The Kier molecular flexibility index (Phi) is 16.5. The molecule has 2 aromatic carbocycles. The molecule has 8 nitrogen and oxygen atoms in total. The van der Waals surface area contributed by atoms with E-state index in [1.807, 2.05) is 34.6 Å². The summed E-state index contributed by atoms with van der Waals surface area (Å²) in [6.07, 6.45) is 1.46. The number of ether oxygens (including phenoxy) is 2. The minimum Gasteiger partial charge on any atom is -0.493 e. The summed E-state index contributed by atoms with van der Waals surface area (Å²) in [6.45, 7) is 13.0. The second-order valence-corrected chi connectivity index (χ2v) is 7.38. The van der Waals surface area contributed by atoms with Crippen LogP contribution in [0.3, 0.4) is 0 Å². The second-order valence-electron chi connectivity index (χ2n) is 6.46. The molecule has 0 saturated heterocycles. The second kappa shape index (κ2) is 18.1. The molecule has 10 heteroatoms. The normalized spacial score (nSPS) is 10.2. The molecule has 0 spiro atoms. The van der Waals surface area contributed by atoms with Crippen LogP contribution in [0, 0.1) is 5.82 Å². The predicted octanol–water partition coefficient (Wildman–Crippen LogP) is 6.74. The summed E-state index contributed by atoms with van der Waals surface area (Å²) >= 11 is 3.21. The molecule has 0 aliphatic rings. The number of aromatic nitrogens is 2. The summed E-state index contributed by atoms with van der Waals surface area (Å²) in [5.41, 5.74) is 0.729. The smallest absolute Gasteiger partial charge is 0.306 e. The molecular formula is C26H35BrFN3O5. The van der Waals surface area contributed by atoms with Crippen molar-refractivity contribution in [3.63, 3.8) is 0 Å². The summed E-state index contributed by atoms with van der Waals surface area (Å²) in [7, 11) is 1.44. The van der Waals surface area contributed by atoms with Gasteiger partial charge in [0, 0.05) is 15.9 Å². The van der Waals surface area contributed by atoms with Crippen molar-refractivity contribution >= 4 is 44.3 Å². The molecule has 0 aliphatic heterocycles. The van der Waals surface area contributed by atoms with Gasteiger partial charge < -0.3 is 25.0 Å². The van der Waals surface area contributed by atoms with E-state index in [0.29, 0.717) is 26.9 Å². The van der Waals surface area contributed by atoms with E-state index >= 15 is 0 Å². The number of aliphatic carboxylic acids is 1. The van der Waals surface area contributed by atoms with Gasteiger partial charge in [0.1, 0.15) is 24.6 Å². The average Bonchev–Trinajstić information content (AvgIpc) is 2.86. The zero-order valence-electron chi connectivity index (χ0n) is 21.5. The fourth-order valence-corrected chi connectivity index (χ4v) is 2.93. The molecule has 0 fully saturated rings. The fourth-order valence-electron chi connectivity index (χ4n) is 2.60. The van der Waals surface area contributed by atoms with E-state index in [4.69, 9.17) is 14.6 Å². The predicted molar refractivity (Wildman–Crippen MR) is 146 cm³/mol. The number of nitrogens with zero attached hydrogens (tertiary/aromatic N) is 2. The van der Waals surface area contributed by atoms with Crippen molar-refractivity contribution in [2.45, 2.75) is 47.1 Å². The van der Waals surface area contributed by atoms with Gasteiger partial charge in [-0.15, -0.1) is 6.58 Å². The summed E-state index contributed by atoms with van der Waals surface area (Å²) in [5.74, 6) is -0.606. The third-order valence-corrected chi connectivity index (χ3v) is 4.44. The van der Waals surface area contributed by atoms with Gasteiger partial charge in [-0.05, 0) is 31.2 Å². The number of carbonyl (C=O) groups is 1. The molecule has 3 N–H and O–H groups in total. The van der Waals surface area contributed by atoms with Crippen LogP contribution in [0.25, 0.3) is 10.9 Å². The largest absolute Gasteiger partial charge is 0.493 e. The van der Waals surface area contributed by atoms with E-state index in [-0.39, 0.29) is 18.0 Å². The average molecular weight is 568 g/mol. The van der Waals surface area contributed by atoms with E-state index in [1.54, 1.807) is 30.3 Å². The lowest BCUT2D eigenvalue weighted by Gasteiger charge is -2.15. The number of methoxy groups -OCH3 is 1. The fraction of sp³-hybridized carbons (Fsp3) is 0.346. The lowest BCUT2D eigenvalue weighted by molar-refractivity contribution is -0.139. The maximum atomic E-state index is 14.2. The highest BCUT2D eigenvalue weighted by molar-refractivity contribution is 9.10. The quantitative estimate of drug-likeness (QED) is 0.256. The molecule has 0 radical (unpaired) electrons. The van der Waals surface area contributed by atoms with E-state index < -0.39 is 24.3 Å². The Bertz CT molecular complexity index is 1100. The monoisotopic (exact) mass is 567 g/mol. The third kappa shape index (κ3) is 10.6. The van der Waals surface area contributed by atoms with Crippen molar-refractivity contribution in [1.82, 2.24) is 9.97 Å². The van der Waals surface area contributed by atoms with E-state index in [2.05, 4.69) is 37.8 Å². The van der Waals surface area contributed by atoms with Gasteiger partial charge in [-0.1, -0.05) is 49.7 Å². The zero-order chi connectivity index (χ0) is 27.7. The molecule has 1 atom stereocenters. The number of carboxylic acid groups (broad SMARTS) is 1. The Labute approximate surface area is 220 Å². The van der Waals surface area contributed by atoms with Gasteiger partial charge in [-0.25, -0.2) is 14.4 Å². The number of hydrogen-bond acceptors (Lipinski definition) is 7. The molecule has 1 aromatic heterocycles. The Morgan fingerprint density at radius 1 is 1.19 bits per heavy atom. The van der Waals surface area contributed by atoms with Crippen LogP contribution in [0.5, 0.6) is 11.5 Å². The standard InChI is InChI=1S/C19H17BrFN3O5.C3H6.2C2H6/c1-28-16-6-12-15(7-17(16)29-8-11(25)5-18(26)27)22-9-23-19(12)24-14-3-2-10(20)4-13(14)21;1-3-2;2*1-2/h2-4,6-7,9,11,25H,5,8H2,1H3,(H,26,27)(H,22,23,24);3H,1H2,2H3;2*1-2H3. The SMILES string of the molecule is C=CC.CC.CC.COc1cc2c(Nc3ccc(Br)cc3F)ncnc2cc1OCC(O)CC(=O)O. The van der Waals surface area contributed by atoms with E-state index in [0.717, 1.165) is 0 Å². The van der Waals surface area contributed by atoms with Crippen LogP contribution in [-0.2, 0) is 4.79 Å². The number of aliphatic hydroxyl groups is 1. The molecule has 1 heterocycles. The van der Waals surface area contributed by atoms with Crippen molar-refractivity contribution in [2.75, 3.05) is 19.0 Å². The maximum absolute atomic E-state index is 14.2. The van der Waals surface area contributed by atoms with Crippen LogP contribution in [-0.4, -0.2) is 46.0 Å². The first kappa shape index (κ1) is 32.8. The number of rotatable bonds is 8. The zero-order valence-corrected chi connectivity index (χ0v) is 23.1. The summed E-state index contributed by atoms with van der Waals surface area (Å²) in [6, 6.07) is 7.80. The molecule has 0 bridgehead atoms. The minimum atomic E-state index is -1.17. The van der Waals surface area contributed by atoms with Crippen molar-refractivity contribution in [1.29, 1.82) is 0 Å².